The number of carbonyl (C=O) groups is 1. The molecule has 0 aromatic heterocycles. The molecular formula is C25H24F2N4O2. The quantitative estimate of drug-likeness (QED) is 0.444. The largest absolute Gasteiger partial charge is 0.478 e. The number of halogens is 2. The summed E-state index contributed by atoms with van der Waals surface area (Å²) in [6.07, 6.45) is 0. The Morgan fingerprint density at radius 1 is 0.939 bits per heavy atom. The number of aromatic carboxylic acids is 1. The summed E-state index contributed by atoms with van der Waals surface area (Å²) in [4.78, 5) is 20.1. The molecular weight excluding hydrogens is 426 g/mol. The van der Waals surface area contributed by atoms with Crippen LogP contribution >= 0.6 is 0 Å². The Bertz CT molecular complexity index is 1140. The van der Waals surface area contributed by atoms with Gasteiger partial charge < -0.3 is 20.2 Å². The third-order valence-electron chi connectivity index (χ3n) is 5.46. The van der Waals surface area contributed by atoms with E-state index in [-0.39, 0.29) is 17.2 Å². The van der Waals surface area contributed by atoms with Gasteiger partial charge in [-0.1, -0.05) is 30.3 Å². The van der Waals surface area contributed by atoms with E-state index in [0.717, 1.165) is 5.56 Å². The number of benzene rings is 3. The van der Waals surface area contributed by atoms with E-state index in [4.69, 9.17) is 4.99 Å². The molecule has 4 rings (SSSR count). The first-order valence-corrected chi connectivity index (χ1v) is 10.6. The second-order valence-electron chi connectivity index (χ2n) is 7.70. The molecule has 0 amide bonds. The molecule has 0 spiro atoms. The van der Waals surface area contributed by atoms with E-state index >= 15 is 0 Å². The Kier molecular flexibility index (Phi) is 6.83. The zero-order valence-electron chi connectivity index (χ0n) is 17.9. The summed E-state index contributed by atoms with van der Waals surface area (Å²) in [6.45, 7) is 2.74. The predicted octanol–water partition coefficient (Wildman–Crippen LogP) is 4.45. The van der Waals surface area contributed by atoms with Crippen molar-refractivity contribution >= 4 is 23.3 Å². The van der Waals surface area contributed by atoms with Crippen LogP contribution in [0.25, 0.3) is 0 Å². The van der Waals surface area contributed by atoms with Crippen LogP contribution in [0.15, 0.2) is 77.8 Å². The number of nitrogens with zero attached hydrogens (tertiary/aromatic N) is 3. The van der Waals surface area contributed by atoms with E-state index in [1.807, 2.05) is 15.9 Å². The number of anilines is 2. The first kappa shape index (κ1) is 22.3. The lowest BCUT2D eigenvalue weighted by Gasteiger charge is -2.37. The van der Waals surface area contributed by atoms with Crippen molar-refractivity contribution in [2.24, 2.45) is 4.99 Å². The fraction of sp³-hybridized carbons (Fsp3) is 0.200. The summed E-state index contributed by atoms with van der Waals surface area (Å²) in [5, 5.41) is 12.5. The predicted molar refractivity (Wildman–Crippen MR) is 125 cm³/mol. The number of carboxylic acid groups (broad SMARTS) is 1. The summed E-state index contributed by atoms with van der Waals surface area (Å²) in [5.74, 6) is -0.993. The molecule has 0 aliphatic carbocycles. The van der Waals surface area contributed by atoms with E-state index in [0.29, 0.717) is 50.1 Å². The molecule has 0 unspecified atom stereocenters. The first-order chi connectivity index (χ1) is 16.0. The van der Waals surface area contributed by atoms with Crippen LogP contribution in [0.1, 0.15) is 15.9 Å². The maximum atomic E-state index is 14.2. The number of hydrogen-bond acceptors (Lipinski definition) is 3. The summed E-state index contributed by atoms with van der Waals surface area (Å²) >= 11 is 0. The van der Waals surface area contributed by atoms with Gasteiger partial charge in [0.2, 0.25) is 0 Å². The Morgan fingerprint density at radius 2 is 1.67 bits per heavy atom. The van der Waals surface area contributed by atoms with Crippen molar-refractivity contribution in [2.75, 3.05) is 36.4 Å². The molecule has 3 aromatic rings. The van der Waals surface area contributed by atoms with Gasteiger partial charge in [-0.05, 0) is 48.0 Å². The van der Waals surface area contributed by atoms with E-state index in [1.54, 1.807) is 42.5 Å². The number of aliphatic imine (C=N–C) groups is 1. The second-order valence-corrected chi connectivity index (χ2v) is 7.70. The molecule has 2 N–H and O–H groups in total. The topological polar surface area (TPSA) is 68.2 Å². The fourth-order valence-corrected chi connectivity index (χ4v) is 3.70. The van der Waals surface area contributed by atoms with Crippen LogP contribution in [0.4, 0.5) is 20.2 Å². The minimum atomic E-state index is -1.01. The fourth-order valence-electron chi connectivity index (χ4n) is 3.70. The second kappa shape index (κ2) is 10.1. The van der Waals surface area contributed by atoms with Crippen molar-refractivity contribution in [1.82, 2.24) is 4.90 Å². The highest BCUT2D eigenvalue weighted by Crippen LogP contribution is 2.21. The van der Waals surface area contributed by atoms with Gasteiger partial charge in [0.05, 0.1) is 17.8 Å². The van der Waals surface area contributed by atoms with Crippen LogP contribution in [-0.2, 0) is 6.54 Å². The van der Waals surface area contributed by atoms with E-state index in [2.05, 4.69) is 5.32 Å². The summed E-state index contributed by atoms with van der Waals surface area (Å²) in [7, 11) is 0. The van der Waals surface area contributed by atoms with Gasteiger partial charge in [-0.15, -0.1) is 0 Å². The van der Waals surface area contributed by atoms with Gasteiger partial charge in [-0.2, -0.15) is 0 Å². The molecule has 1 aliphatic heterocycles. The van der Waals surface area contributed by atoms with Crippen LogP contribution in [-0.4, -0.2) is 48.1 Å². The standard InChI is InChI=1S/C25H24F2N4O2/c26-20-10-8-18(9-11-20)17-28-25(29-21-5-3-4-19(16-21)24(32)33)31-14-12-30(13-15-31)23-7-2-1-6-22(23)27/h1-11,16H,12-15,17H2,(H,28,29)(H,32,33). The van der Waals surface area contributed by atoms with E-state index in [9.17, 15) is 18.7 Å². The SMILES string of the molecule is O=C(O)c1cccc(NC(=NCc2ccc(F)cc2)N2CCN(c3ccccc3F)CC2)c1. The number of rotatable bonds is 5. The van der Waals surface area contributed by atoms with Gasteiger partial charge in [0.1, 0.15) is 11.6 Å². The Hall–Kier alpha value is -3.94. The summed E-state index contributed by atoms with van der Waals surface area (Å²) in [5.41, 5.74) is 2.19. The molecule has 3 aromatic carbocycles. The zero-order valence-corrected chi connectivity index (χ0v) is 17.9. The molecule has 1 fully saturated rings. The monoisotopic (exact) mass is 450 g/mol. The average molecular weight is 450 g/mol. The number of para-hydroxylation sites is 1. The van der Waals surface area contributed by atoms with Crippen molar-refractivity contribution in [3.8, 4) is 0 Å². The highest BCUT2D eigenvalue weighted by Gasteiger charge is 2.22. The Morgan fingerprint density at radius 3 is 2.36 bits per heavy atom. The minimum Gasteiger partial charge on any atom is -0.478 e. The number of carboxylic acids is 1. The van der Waals surface area contributed by atoms with Crippen molar-refractivity contribution in [3.63, 3.8) is 0 Å². The molecule has 0 saturated carbocycles. The smallest absolute Gasteiger partial charge is 0.335 e. The van der Waals surface area contributed by atoms with Crippen LogP contribution in [0.2, 0.25) is 0 Å². The summed E-state index contributed by atoms with van der Waals surface area (Å²) in [6, 6.07) is 19.4. The maximum Gasteiger partial charge on any atom is 0.335 e. The number of hydrogen-bond donors (Lipinski definition) is 2. The molecule has 1 aliphatic rings. The third kappa shape index (κ3) is 5.65. The lowest BCUT2D eigenvalue weighted by Crippen LogP contribution is -2.51. The minimum absolute atomic E-state index is 0.169. The average Bonchev–Trinajstić information content (AvgIpc) is 2.83. The molecule has 170 valence electrons. The molecule has 0 bridgehead atoms. The van der Waals surface area contributed by atoms with Crippen LogP contribution in [0.3, 0.4) is 0 Å². The molecule has 1 saturated heterocycles. The van der Waals surface area contributed by atoms with Gasteiger partial charge in [0.25, 0.3) is 0 Å². The lowest BCUT2D eigenvalue weighted by molar-refractivity contribution is 0.0697. The molecule has 8 heteroatoms. The van der Waals surface area contributed by atoms with Gasteiger partial charge >= 0.3 is 5.97 Å². The van der Waals surface area contributed by atoms with Gasteiger partial charge in [0.15, 0.2) is 5.96 Å². The Balaban J connectivity index is 1.53. The van der Waals surface area contributed by atoms with Crippen LogP contribution in [0.5, 0.6) is 0 Å². The van der Waals surface area contributed by atoms with Gasteiger partial charge in [-0.3, -0.25) is 0 Å². The van der Waals surface area contributed by atoms with Gasteiger partial charge in [-0.25, -0.2) is 18.6 Å². The highest BCUT2D eigenvalue weighted by molar-refractivity contribution is 5.96. The van der Waals surface area contributed by atoms with Crippen molar-refractivity contribution in [3.05, 3.63) is 95.6 Å². The molecule has 0 radical (unpaired) electrons. The third-order valence-corrected chi connectivity index (χ3v) is 5.46. The summed E-state index contributed by atoms with van der Waals surface area (Å²) < 4.78 is 27.4. The molecule has 0 atom stereocenters. The van der Waals surface area contributed by atoms with Crippen LogP contribution < -0.4 is 10.2 Å². The molecule has 1 heterocycles. The lowest BCUT2D eigenvalue weighted by atomic mass is 10.2. The van der Waals surface area contributed by atoms with E-state index < -0.39 is 5.97 Å². The van der Waals surface area contributed by atoms with Crippen molar-refractivity contribution in [2.45, 2.75) is 6.54 Å². The maximum absolute atomic E-state index is 14.2. The van der Waals surface area contributed by atoms with Crippen molar-refractivity contribution in [1.29, 1.82) is 0 Å². The molecule has 33 heavy (non-hydrogen) atoms. The number of nitrogens with one attached hydrogen (secondary N) is 1. The first-order valence-electron chi connectivity index (χ1n) is 10.6. The Labute approximate surface area is 190 Å². The van der Waals surface area contributed by atoms with Crippen LogP contribution in [0, 0.1) is 11.6 Å². The normalized spacial score (nSPS) is 14.3. The highest BCUT2D eigenvalue weighted by atomic mass is 19.1. The molecule has 6 nitrogen and oxygen atoms in total. The van der Waals surface area contributed by atoms with Crippen molar-refractivity contribution < 1.29 is 18.7 Å². The number of piperazine rings is 1. The zero-order chi connectivity index (χ0) is 23.2. The van der Waals surface area contributed by atoms with Gasteiger partial charge in [0, 0.05) is 31.9 Å². The van der Waals surface area contributed by atoms with E-state index in [1.165, 1.54) is 24.3 Å². The number of guanidine groups is 1.